The minimum atomic E-state index is -4.29. The van der Waals surface area contributed by atoms with Crippen molar-refractivity contribution in [1.29, 1.82) is 0 Å². The van der Waals surface area contributed by atoms with Crippen LogP contribution >= 0.6 is 0 Å². The monoisotopic (exact) mass is 202 g/mol. The summed E-state index contributed by atoms with van der Waals surface area (Å²) >= 11 is 0. The Morgan fingerprint density at radius 1 is 1.14 bits per heavy atom. The topological polar surface area (TPSA) is 20.2 Å². The molecule has 0 heterocycles. The van der Waals surface area contributed by atoms with Gasteiger partial charge in [0, 0.05) is 0 Å². The first-order valence-electron chi connectivity index (χ1n) is 4.34. The third-order valence-corrected chi connectivity index (χ3v) is 2.44. The van der Waals surface area contributed by atoms with E-state index in [0.29, 0.717) is 18.4 Å². The number of benzene rings is 1. The van der Waals surface area contributed by atoms with Crippen LogP contribution in [0, 0.1) is 0 Å². The zero-order valence-corrected chi connectivity index (χ0v) is 7.30. The second-order valence-corrected chi connectivity index (χ2v) is 3.54. The molecule has 0 saturated carbocycles. The smallest absolute Gasteiger partial charge is 0.392 e. The van der Waals surface area contributed by atoms with Gasteiger partial charge in [0.2, 0.25) is 0 Å². The van der Waals surface area contributed by atoms with Crippen LogP contribution in [-0.2, 0) is 19.0 Å². The van der Waals surface area contributed by atoms with Crippen LogP contribution < -0.4 is 0 Å². The third-order valence-electron chi connectivity index (χ3n) is 2.44. The van der Waals surface area contributed by atoms with E-state index in [2.05, 4.69) is 0 Å². The van der Waals surface area contributed by atoms with Gasteiger partial charge in [-0.2, -0.15) is 13.2 Å². The molecule has 1 aromatic rings. The van der Waals surface area contributed by atoms with E-state index in [0.717, 1.165) is 17.7 Å². The standard InChI is InChI=1S/C10H9F3O/c11-10(12,13)8-2-1-6-4-9(14)5-7(6)3-8/h1-3,9,14H,4-5H2. The molecule has 0 bridgehead atoms. The Labute approximate surface area is 79.2 Å². The molecule has 1 aliphatic rings. The lowest BCUT2D eigenvalue weighted by molar-refractivity contribution is -0.137. The Kier molecular flexibility index (Phi) is 2.03. The van der Waals surface area contributed by atoms with Gasteiger partial charge in [-0.15, -0.1) is 0 Å². The number of aliphatic hydroxyl groups excluding tert-OH is 1. The largest absolute Gasteiger partial charge is 0.416 e. The van der Waals surface area contributed by atoms with Gasteiger partial charge in [0.05, 0.1) is 11.7 Å². The van der Waals surface area contributed by atoms with Crippen LogP contribution in [0.4, 0.5) is 13.2 Å². The molecule has 1 unspecified atom stereocenters. The fourth-order valence-electron chi connectivity index (χ4n) is 1.77. The number of hydrogen-bond acceptors (Lipinski definition) is 1. The molecule has 1 N–H and O–H groups in total. The van der Waals surface area contributed by atoms with Gasteiger partial charge in [-0.1, -0.05) is 6.07 Å². The van der Waals surface area contributed by atoms with Gasteiger partial charge in [0.15, 0.2) is 0 Å². The molecule has 1 aromatic carbocycles. The van der Waals surface area contributed by atoms with Crippen LogP contribution in [0.25, 0.3) is 0 Å². The van der Waals surface area contributed by atoms with E-state index < -0.39 is 17.8 Å². The van der Waals surface area contributed by atoms with E-state index in [-0.39, 0.29) is 0 Å². The van der Waals surface area contributed by atoms with E-state index in [4.69, 9.17) is 0 Å². The first-order chi connectivity index (χ1) is 6.47. The number of hydrogen-bond donors (Lipinski definition) is 1. The predicted molar refractivity (Wildman–Crippen MR) is 44.9 cm³/mol. The first-order valence-corrected chi connectivity index (χ1v) is 4.34. The number of rotatable bonds is 0. The van der Waals surface area contributed by atoms with Crippen molar-refractivity contribution in [1.82, 2.24) is 0 Å². The molecule has 14 heavy (non-hydrogen) atoms. The van der Waals surface area contributed by atoms with Crippen LogP contribution in [-0.4, -0.2) is 11.2 Å². The van der Waals surface area contributed by atoms with Crippen LogP contribution in [0.1, 0.15) is 16.7 Å². The molecule has 2 rings (SSSR count). The molecule has 1 aliphatic carbocycles. The summed E-state index contributed by atoms with van der Waals surface area (Å²) in [4.78, 5) is 0. The maximum atomic E-state index is 12.3. The minimum absolute atomic E-state index is 0.333. The molecule has 76 valence electrons. The highest BCUT2D eigenvalue weighted by Gasteiger charge is 2.32. The molecule has 4 heteroatoms. The van der Waals surface area contributed by atoms with Gasteiger partial charge >= 0.3 is 6.18 Å². The Morgan fingerprint density at radius 3 is 2.43 bits per heavy atom. The van der Waals surface area contributed by atoms with Crippen molar-refractivity contribution in [2.45, 2.75) is 25.1 Å². The summed E-state index contributed by atoms with van der Waals surface area (Å²) in [5.41, 5.74) is 0.808. The van der Waals surface area contributed by atoms with Crippen LogP contribution in [0.3, 0.4) is 0 Å². The summed E-state index contributed by atoms with van der Waals surface area (Å²) in [7, 11) is 0. The molecule has 0 fully saturated rings. The molecule has 1 atom stereocenters. The number of alkyl halides is 3. The molecule has 0 radical (unpaired) electrons. The van der Waals surface area contributed by atoms with E-state index in [1.807, 2.05) is 0 Å². The highest BCUT2D eigenvalue weighted by atomic mass is 19.4. The molecule has 0 saturated heterocycles. The summed E-state index contributed by atoms with van der Waals surface area (Å²) in [5, 5.41) is 9.26. The number of fused-ring (bicyclic) bond motifs is 1. The Morgan fingerprint density at radius 2 is 1.79 bits per heavy atom. The molecule has 1 nitrogen and oxygen atoms in total. The highest BCUT2D eigenvalue weighted by Crippen LogP contribution is 2.32. The van der Waals surface area contributed by atoms with Crippen molar-refractivity contribution in [2.75, 3.05) is 0 Å². The predicted octanol–water partition coefficient (Wildman–Crippen LogP) is 2.16. The van der Waals surface area contributed by atoms with Gasteiger partial charge in [-0.05, 0) is 36.1 Å². The lowest BCUT2D eigenvalue weighted by Crippen LogP contribution is -2.05. The zero-order chi connectivity index (χ0) is 10.3. The molecular weight excluding hydrogens is 193 g/mol. The second-order valence-electron chi connectivity index (χ2n) is 3.54. The van der Waals surface area contributed by atoms with Gasteiger partial charge < -0.3 is 5.11 Å². The molecule has 0 aliphatic heterocycles. The fraction of sp³-hybridized carbons (Fsp3) is 0.400. The lowest BCUT2D eigenvalue weighted by atomic mass is 10.1. The second kappa shape index (κ2) is 2.98. The third kappa shape index (κ3) is 1.62. The van der Waals surface area contributed by atoms with Crippen molar-refractivity contribution >= 4 is 0 Å². The van der Waals surface area contributed by atoms with E-state index in [1.54, 1.807) is 0 Å². The lowest BCUT2D eigenvalue weighted by Gasteiger charge is -2.07. The maximum Gasteiger partial charge on any atom is 0.416 e. The quantitative estimate of drug-likeness (QED) is 0.683. The number of aliphatic hydroxyl groups is 1. The van der Waals surface area contributed by atoms with E-state index >= 15 is 0 Å². The normalized spacial score (nSPS) is 21.0. The maximum absolute atomic E-state index is 12.3. The summed E-state index contributed by atoms with van der Waals surface area (Å²) in [5.74, 6) is 0. The Bertz CT molecular complexity index is 357. The summed E-state index contributed by atoms with van der Waals surface area (Å²) in [6.07, 6.45) is -4.01. The van der Waals surface area contributed by atoms with Crippen molar-refractivity contribution < 1.29 is 18.3 Å². The molecule has 0 spiro atoms. The summed E-state index contributed by atoms with van der Waals surface area (Å²) in [6, 6.07) is 3.65. The van der Waals surface area contributed by atoms with Crippen molar-refractivity contribution in [3.63, 3.8) is 0 Å². The summed E-state index contributed by atoms with van der Waals surface area (Å²) < 4.78 is 36.9. The minimum Gasteiger partial charge on any atom is -0.392 e. The summed E-state index contributed by atoms with van der Waals surface area (Å²) in [6.45, 7) is 0. The first kappa shape index (κ1) is 9.52. The average Bonchev–Trinajstić information content (AvgIpc) is 2.41. The number of halogens is 3. The SMILES string of the molecule is OC1Cc2ccc(C(F)(F)F)cc2C1. The van der Waals surface area contributed by atoms with Gasteiger partial charge in [-0.3, -0.25) is 0 Å². The van der Waals surface area contributed by atoms with Gasteiger partial charge in [0.25, 0.3) is 0 Å². The highest BCUT2D eigenvalue weighted by molar-refractivity contribution is 5.37. The van der Waals surface area contributed by atoms with Crippen molar-refractivity contribution in [3.05, 3.63) is 34.9 Å². The van der Waals surface area contributed by atoms with Crippen LogP contribution in [0.5, 0.6) is 0 Å². The van der Waals surface area contributed by atoms with E-state index in [9.17, 15) is 18.3 Å². The van der Waals surface area contributed by atoms with E-state index in [1.165, 1.54) is 6.07 Å². The van der Waals surface area contributed by atoms with Crippen molar-refractivity contribution in [2.24, 2.45) is 0 Å². The Balaban J connectivity index is 2.38. The van der Waals surface area contributed by atoms with Crippen molar-refractivity contribution in [3.8, 4) is 0 Å². The van der Waals surface area contributed by atoms with Gasteiger partial charge in [0.1, 0.15) is 0 Å². The fourth-order valence-corrected chi connectivity index (χ4v) is 1.77. The Hall–Kier alpha value is -1.03. The molecule has 0 aromatic heterocycles. The zero-order valence-electron chi connectivity index (χ0n) is 7.30. The van der Waals surface area contributed by atoms with Crippen LogP contribution in [0.2, 0.25) is 0 Å². The van der Waals surface area contributed by atoms with Crippen LogP contribution in [0.15, 0.2) is 18.2 Å². The van der Waals surface area contributed by atoms with Gasteiger partial charge in [-0.25, -0.2) is 0 Å². The average molecular weight is 202 g/mol. The molecule has 0 amide bonds. The molecular formula is C10H9F3O.